The Balaban J connectivity index is 2.70. The second-order valence-electron chi connectivity index (χ2n) is 3.17. The van der Waals surface area contributed by atoms with E-state index in [1.54, 1.807) is 0 Å². The van der Waals surface area contributed by atoms with Gasteiger partial charge in [0, 0.05) is 12.1 Å². The van der Waals surface area contributed by atoms with Crippen molar-refractivity contribution in [3.05, 3.63) is 23.2 Å². The van der Waals surface area contributed by atoms with E-state index in [1.807, 2.05) is 0 Å². The summed E-state index contributed by atoms with van der Waals surface area (Å²) in [6.45, 7) is 0. The van der Waals surface area contributed by atoms with Crippen molar-refractivity contribution in [2.24, 2.45) is 5.73 Å². The number of carbonyl (C=O) groups is 1. The van der Waals surface area contributed by atoms with Crippen molar-refractivity contribution in [1.29, 1.82) is 0 Å². The third-order valence-corrected chi connectivity index (χ3v) is 2.19. The third-order valence-electron chi connectivity index (χ3n) is 1.89. The van der Waals surface area contributed by atoms with E-state index in [1.165, 1.54) is 18.2 Å². The minimum absolute atomic E-state index is 0.0485. The number of nitrogens with two attached hydrogens (primary N) is 1. The summed E-state index contributed by atoms with van der Waals surface area (Å²) >= 11 is 5.67. The third kappa shape index (κ3) is 3.16. The van der Waals surface area contributed by atoms with Gasteiger partial charge in [0.25, 0.3) is 0 Å². The number of carbonyl (C=O) groups excluding carboxylic acids is 1. The number of hydrogen-bond donors (Lipinski definition) is 3. The molecule has 5 heteroatoms. The van der Waals surface area contributed by atoms with E-state index >= 15 is 0 Å². The van der Waals surface area contributed by atoms with Crippen LogP contribution < -0.4 is 11.1 Å². The molecule has 0 spiro atoms. The number of halogens is 1. The first-order valence-corrected chi connectivity index (χ1v) is 4.91. The van der Waals surface area contributed by atoms with E-state index in [0.29, 0.717) is 5.69 Å². The first-order chi connectivity index (χ1) is 7.54. The van der Waals surface area contributed by atoms with Crippen molar-refractivity contribution in [2.45, 2.75) is 12.5 Å². The van der Waals surface area contributed by atoms with Gasteiger partial charge in [-0.05, 0) is 18.2 Å². The van der Waals surface area contributed by atoms with Gasteiger partial charge in [0.1, 0.15) is 5.75 Å². The molecule has 1 amide bonds. The van der Waals surface area contributed by atoms with Crippen LogP contribution in [0.3, 0.4) is 0 Å². The molecule has 0 radical (unpaired) electrons. The SMILES string of the molecule is C#CCC(N)C(=O)Nc1ccc(O)c(Cl)c1. The van der Waals surface area contributed by atoms with Gasteiger partial charge < -0.3 is 16.2 Å². The number of benzene rings is 1. The predicted octanol–water partition coefficient (Wildman–Crippen LogP) is 1.33. The summed E-state index contributed by atoms with van der Waals surface area (Å²) in [5.41, 5.74) is 5.97. The number of anilines is 1. The number of hydrogen-bond acceptors (Lipinski definition) is 3. The minimum atomic E-state index is -0.752. The van der Waals surface area contributed by atoms with E-state index in [-0.39, 0.29) is 23.1 Å². The lowest BCUT2D eigenvalue weighted by Crippen LogP contribution is -2.35. The van der Waals surface area contributed by atoms with E-state index in [4.69, 9.17) is 23.8 Å². The van der Waals surface area contributed by atoms with Crippen molar-refractivity contribution >= 4 is 23.2 Å². The first kappa shape index (κ1) is 12.4. The molecule has 0 heterocycles. The standard InChI is InChI=1S/C11H11ClN2O2/c1-2-3-9(13)11(16)14-7-4-5-10(15)8(12)6-7/h1,4-6,9,15H,3,13H2,(H,14,16). The quantitative estimate of drug-likeness (QED) is 0.549. The predicted molar refractivity (Wildman–Crippen MR) is 63.2 cm³/mol. The molecule has 4 N–H and O–H groups in total. The molecule has 1 aromatic carbocycles. The number of phenolic OH excluding ortho intramolecular Hbond substituents is 1. The van der Waals surface area contributed by atoms with Gasteiger partial charge in [-0.15, -0.1) is 12.3 Å². The molecule has 1 aromatic rings. The summed E-state index contributed by atoms with van der Waals surface area (Å²) in [6, 6.07) is 3.57. The second-order valence-corrected chi connectivity index (χ2v) is 3.58. The number of amides is 1. The van der Waals surface area contributed by atoms with E-state index < -0.39 is 6.04 Å². The molecule has 0 saturated heterocycles. The second kappa shape index (κ2) is 5.40. The maximum atomic E-state index is 11.5. The van der Waals surface area contributed by atoms with Gasteiger partial charge in [-0.2, -0.15) is 0 Å². The molecule has 1 rings (SSSR count). The largest absolute Gasteiger partial charge is 0.506 e. The fourth-order valence-corrected chi connectivity index (χ4v) is 1.22. The van der Waals surface area contributed by atoms with Gasteiger partial charge in [-0.25, -0.2) is 0 Å². The molecule has 0 aliphatic heterocycles. The molecule has 0 aliphatic rings. The lowest BCUT2D eigenvalue weighted by Gasteiger charge is -2.10. The van der Waals surface area contributed by atoms with Crippen molar-refractivity contribution in [1.82, 2.24) is 0 Å². The van der Waals surface area contributed by atoms with E-state index in [9.17, 15) is 9.90 Å². The molecular formula is C11H11ClN2O2. The molecule has 1 unspecified atom stereocenters. The number of terminal acetylenes is 1. The topological polar surface area (TPSA) is 75.4 Å². The normalized spacial score (nSPS) is 11.6. The molecule has 0 fully saturated rings. The van der Waals surface area contributed by atoms with Crippen molar-refractivity contribution in [2.75, 3.05) is 5.32 Å². The Bertz CT molecular complexity index is 440. The average molecular weight is 239 g/mol. The van der Waals surface area contributed by atoms with Crippen LogP contribution in [0, 0.1) is 12.3 Å². The van der Waals surface area contributed by atoms with Crippen molar-refractivity contribution in [3.8, 4) is 18.1 Å². The van der Waals surface area contributed by atoms with Crippen molar-refractivity contribution in [3.63, 3.8) is 0 Å². The molecule has 16 heavy (non-hydrogen) atoms. The minimum Gasteiger partial charge on any atom is -0.506 e. The summed E-state index contributed by atoms with van der Waals surface area (Å²) < 4.78 is 0. The fourth-order valence-electron chi connectivity index (χ4n) is 1.04. The highest BCUT2D eigenvalue weighted by Crippen LogP contribution is 2.25. The van der Waals surface area contributed by atoms with Crippen LogP contribution in [0.1, 0.15) is 6.42 Å². The molecule has 0 saturated carbocycles. The molecule has 0 bridgehead atoms. The summed E-state index contributed by atoms with van der Waals surface area (Å²) in [6.07, 6.45) is 5.20. The lowest BCUT2D eigenvalue weighted by molar-refractivity contribution is -0.117. The zero-order valence-corrected chi connectivity index (χ0v) is 9.16. The van der Waals surface area contributed by atoms with Gasteiger partial charge in [-0.3, -0.25) is 4.79 Å². The van der Waals surface area contributed by atoms with Crippen LogP contribution in [0.25, 0.3) is 0 Å². The number of aromatic hydroxyl groups is 1. The summed E-state index contributed by atoms with van der Waals surface area (Å²) in [7, 11) is 0. The zero-order chi connectivity index (χ0) is 12.1. The molecule has 4 nitrogen and oxygen atoms in total. The molecular weight excluding hydrogens is 228 g/mol. The van der Waals surface area contributed by atoms with Gasteiger partial charge in [0.15, 0.2) is 0 Å². The maximum Gasteiger partial charge on any atom is 0.242 e. The van der Waals surface area contributed by atoms with Crippen LogP contribution in [-0.2, 0) is 4.79 Å². The Hall–Kier alpha value is -1.70. The zero-order valence-electron chi connectivity index (χ0n) is 8.40. The molecule has 0 aliphatic carbocycles. The van der Waals surface area contributed by atoms with Crippen LogP contribution in [0.2, 0.25) is 5.02 Å². The Morgan fingerprint density at radius 3 is 2.94 bits per heavy atom. The maximum absolute atomic E-state index is 11.5. The van der Waals surface area contributed by atoms with Crippen LogP contribution in [0.5, 0.6) is 5.75 Å². The van der Waals surface area contributed by atoms with Crippen LogP contribution >= 0.6 is 11.6 Å². The van der Waals surface area contributed by atoms with Gasteiger partial charge >= 0.3 is 0 Å². The van der Waals surface area contributed by atoms with Gasteiger partial charge in [0.05, 0.1) is 11.1 Å². The van der Waals surface area contributed by atoms with Gasteiger partial charge in [-0.1, -0.05) is 11.6 Å². The smallest absolute Gasteiger partial charge is 0.242 e. The Morgan fingerprint density at radius 2 is 2.38 bits per heavy atom. The van der Waals surface area contributed by atoms with Gasteiger partial charge in [0.2, 0.25) is 5.91 Å². The number of nitrogens with one attached hydrogen (secondary N) is 1. The monoisotopic (exact) mass is 238 g/mol. The molecule has 1 atom stereocenters. The summed E-state index contributed by atoms with van der Waals surface area (Å²) in [5, 5.41) is 11.9. The average Bonchev–Trinajstić information content (AvgIpc) is 2.24. The van der Waals surface area contributed by atoms with E-state index in [0.717, 1.165) is 0 Å². The molecule has 84 valence electrons. The fraction of sp³-hybridized carbons (Fsp3) is 0.182. The van der Waals surface area contributed by atoms with Crippen LogP contribution in [-0.4, -0.2) is 17.1 Å². The molecule has 0 aromatic heterocycles. The summed E-state index contributed by atoms with van der Waals surface area (Å²) in [4.78, 5) is 11.5. The number of phenols is 1. The van der Waals surface area contributed by atoms with Crippen LogP contribution in [0.4, 0.5) is 5.69 Å². The number of rotatable bonds is 3. The van der Waals surface area contributed by atoms with Crippen LogP contribution in [0.15, 0.2) is 18.2 Å². The summed E-state index contributed by atoms with van der Waals surface area (Å²) in [5.74, 6) is 1.87. The highest BCUT2D eigenvalue weighted by molar-refractivity contribution is 6.32. The highest BCUT2D eigenvalue weighted by atomic mass is 35.5. The van der Waals surface area contributed by atoms with E-state index in [2.05, 4.69) is 11.2 Å². The lowest BCUT2D eigenvalue weighted by atomic mass is 10.2. The Labute approximate surface area is 98.4 Å². The highest BCUT2D eigenvalue weighted by Gasteiger charge is 2.12. The Morgan fingerprint density at radius 1 is 1.69 bits per heavy atom. The van der Waals surface area contributed by atoms with Crippen molar-refractivity contribution < 1.29 is 9.90 Å². The Kier molecular flexibility index (Phi) is 4.18. The first-order valence-electron chi connectivity index (χ1n) is 4.53.